The molecule has 1 N–H and O–H groups in total. The second kappa shape index (κ2) is 8.36. The highest BCUT2D eigenvalue weighted by atomic mass is 32.2. The molecule has 11 heteroatoms. The number of sulfonamides is 1. The van der Waals surface area contributed by atoms with Gasteiger partial charge in [-0.25, -0.2) is 17.9 Å². The summed E-state index contributed by atoms with van der Waals surface area (Å²) < 4.78 is 45.1. The largest absolute Gasteiger partial charge is 0.494 e. The predicted octanol–water partition coefficient (Wildman–Crippen LogP) is 2.21. The highest BCUT2D eigenvalue weighted by Crippen LogP contribution is 2.21. The maximum Gasteiger partial charge on any atom is 0.420 e. The highest BCUT2D eigenvalue weighted by Gasteiger charge is 2.19. The van der Waals surface area contributed by atoms with Crippen LogP contribution in [0.4, 0.5) is 0 Å². The van der Waals surface area contributed by atoms with Crippen LogP contribution < -0.4 is 15.2 Å². The van der Waals surface area contributed by atoms with Crippen LogP contribution in [0.3, 0.4) is 0 Å². The summed E-state index contributed by atoms with van der Waals surface area (Å²) in [5.41, 5.74) is 1.28. The van der Waals surface area contributed by atoms with E-state index in [1.165, 1.54) is 22.8 Å². The molecule has 0 atom stereocenters. The second-order valence-corrected chi connectivity index (χ2v) is 8.45. The van der Waals surface area contributed by atoms with Crippen molar-refractivity contribution >= 4 is 21.1 Å². The van der Waals surface area contributed by atoms with Gasteiger partial charge in [0, 0.05) is 25.1 Å². The van der Waals surface area contributed by atoms with Crippen LogP contribution in [0.5, 0.6) is 5.75 Å². The van der Waals surface area contributed by atoms with Crippen molar-refractivity contribution in [2.75, 3.05) is 6.61 Å². The summed E-state index contributed by atoms with van der Waals surface area (Å²) in [7, 11) is -3.86. The summed E-state index contributed by atoms with van der Waals surface area (Å²) >= 11 is 0. The fourth-order valence-electron chi connectivity index (χ4n) is 3.11. The zero-order valence-corrected chi connectivity index (χ0v) is 17.7. The number of nitrogens with zero attached hydrogens (tertiary/aromatic N) is 3. The molecule has 10 nitrogen and oxygen atoms in total. The zero-order valence-electron chi connectivity index (χ0n) is 16.9. The molecule has 0 saturated heterocycles. The first-order valence-electron chi connectivity index (χ1n) is 9.50. The van der Waals surface area contributed by atoms with E-state index in [4.69, 9.17) is 13.7 Å². The van der Waals surface area contributed by atoms with Gasteiger partial charge in [-0.3, -0.25) is 4.57 Å². The Bertz CT molecular complexity index is 1390. The maximum absolute atomic E-state index is 12.8. The quantitative estimate of drug-likeness (QED) is 0.438. The number of nitrogens with one attached hydrogen (secondary N) is 1. The molecular formula is C20H20N4O6S. The van der Waals surface area contributed by atoms with Crippen LogP contribution in [0.15, 0.2) is 61.1 Å². The van der Waals surface area contributed by atoms with Crippen LogP contribution in [0, 0.1) is 6.92 Å². The smallest absolute Gasteiger partial charge is 0.420 e. The molecule has 31 heavy (non-hydrogen) atoms. The van der Waals surface area contributed by atoms with Gasteiger partial charge in [0.05, 0.1) is 23.6 Å². The molecule has 2 aromatic carbocycles. The lowest BCUT2D eigenvalue weighted by molar-refractivity contribution is 0.336. The number of ether oxygens (including phenoxy) is 1. The van der Waals surface area contributed by atoms with Crippen molar-refractivity contribution in [3.63, 3.8) is 0 Å². The number of oxazole rings is 1. The number of aryl methyl sites for hydroxylation is 1. The summed E-state index contributed by atoms with van der Waals surface area (Å²) in [6.07, 6.45) is 0. The molecule has 162 valence electrons. The van der Waals surface area contributed by atoms with Gasteiger partial charge in [0.2, 0.25) is 15.9 Å². The van der Waals surface area contributed by atoms with Crippen molar-refractivity contribution in [2.45, 2.75) is 31.8 Å². The van der Waals surface area contributed by atoms with Crippen molar-refractivity contribution in [1.29, 1.82) is 0 Å². The fraction of sp³-hybridized carbons (Fsp3) is 0.250. The van der Waals surface area contributed by atoms with Crippen molar-refractivity contribution in [2.24, 2.45) is 0 Å². The molecule has 2 heterocycles. The number of aromatic nitrogens is 3. The molecule has 0 aliphatic carbocycles. The third-order valence-corrected chi connectivity index (χ3v) is 5.94. The molecule has 4 rings (SSSR count). The SMILES string of the molecule is CCOc1ccccc1CNS(=O)(=O)c1ccc2c(c1)oc(=O)n2Cc1noc(C)n1. The summed E-state index contributed by atoms with van der Waals surface area (Å²) in [6.45, 7) is 4.07. The minimum atomic E-state index is -3.86. The van der Waals surface area contributed by atoms with E-state index in [-0.39, 0.29) is 23.6 Å². The number of benzene rings is 2. The number of para-hydroxylation sites is 1. The Morgan fingerprint density at radius 2 is 2.00 bits per heavy atom. The van der Waals surface area contributed by atoms with Crippen LogP contribution in [0.2, 0.25) is 0 Å². The average molecular weight is 444 g/mol. The van der Waals surface area contributed by atoms with Crippen LogP contribution in [0.1, 0.15) is 24.2 Å². The Balaban J connectivity index is 1.58. The lowest BCUT2D eigenvalue weighted by Gasteiger charge is -2.11. The Hall–Kier alpha value is -3.44. The van der Waals surface area contributed by atoms with Gasteiger partial charge in [0.1, 0.15) is 5.75 Å². The molecule has 0 spiro atoms. The average Bonchev–Trinajstić information content (AvgIpc) is 3.30. The van der Waals surface area contributed by atoms with Crippen LogP contribution in [-0.2, 0) is 23.1 Å². The topological polar surface area (TPSA) is 129 Å². The standard InChI is InChI=1S/C20H20N4O6S/c1-3-28-17-7-5-4-6-14(17)11-21-31(26,27)15-8-9-16-18(10-15)29-20(25)24(16)12-19-22-13(2)30-23-19/h4-10,21H,3,11-12H2,1-2H3. The third kappa shape index (κ3) is 4.37. The molecule has 0 radical (unpaired) electrons. The lowest BCUT2D eigenvalue weighted by Crippen LogP contribution is -2.23. The first kappa shape index (κ1) is 20.8. The van der Waals surface area contributed by atoms with Gasteiger partial charge in [0.15, 0.2) is 11.4 Å². The zero-order chi connectivity index (χ0) is 22.0. The van der Waals surface area contributed by atoms with Crippen LogP contribution in [-0.4, -0.2) is 29.7 Å². The monoisotopic (exact) mass is 444 g/mol. The minimum Gasteiger partial charge on any atom is -0.494 e. The first-order chi connectivity index (χ1) is 14.9. The second-order valence-electron chi connectivity index (χ2n) is 6.68. The van der Waals surface area contributed by atoms with Gasteiger partial charge in [-0.2, -0.15) is 4.98 Å². The molecule has 0 bridgehead atoms. The summed E-state index contributed by atoms with van der Waals surface area (Å²) in [5.74, 6) is 0.656. The number of fused-ring (bicyclic) bond motifs is 1. The van der Waals surface area contributed by atoms with Gasteiger partial charge in [-0.05, 0) is 25.1 Å². The van der Waals surface area contributed by atoms with E-state index in [1.807, 2.05) is 13.0 Å². The summed E-state index contributed by atoms with van der Waals surface area (Å²) in [4.78, 5) is 16.3. The van der Waals surface area contributed by atoms with E-state index in [1.54, 1.807) is 25.1 Å². The Morgan fingerprint density at radius 3 is 2.74 bits per heavy atom. The van der Waals surface area contributed by atoms with Gasteiger partial charge < -0.3 is 13.7 Å². The van der Waals surface area contributed by atoms with Crippen LogP contribution >= 0.6 is 0 Å². The fourth-order valence-corrected chi connectivity index (χ4v) is 4.13. The minimum absolute atomic E-state index is 0.0230. The van der Waals surface area contributed by atoms with Crippen LogP contribution in [0.25, 0.3) is 11.1 Å². The van der Waals surface area contributed by atoms with Gasteiger partial charge in [-0.1, -0.05) is 23.4 Å². The van der Waals surface area contributed by atoms with Crippen molar-refractivity contribution < 1.29 is 22.1 Å². The molecule has 2 aromatic heterocycles. The van der Waals surface area contributed by atoms with E-state index >= 15 is 0 Å². The molecular weight excluding hydrogens is 424 g/mol. The first-order valence-corrected chi connectivity index (χ1v) is 11.0. The Labute approximate surface area is 177 Å². The van der Waals surface area contributed by atoms with E-state index in [9.17, 15) is 13.2 Å². The predicted molar refractivity (Wildman–Crippen MR) is 110 cm³/mol. The molecule has 4 aromatic rings. The third-order valence-electron chi connectivity index (χ3n) is 4.54. The van der Waals surface area contributed by atoms with Gasteiger partial charge in [0.25, 0.3) is 0 Å². The van der Waals surface area contributed by atoms with Gasteiger partial charge >= 0.3 is 5.76 Å². The molecule has 0 fully saturated rings. The van der Waals surface area contributed by atoms with E-state index < -0.39 is 15.8 Å². The normalized spacial score (nSPS) is 11.8. The molecule has 0 unspecified atom stereocenters. The van der Waals surface area contributed by atoms with Crippen molar-refractivity contribution in [1.82, 2.24) is 19.4 Å². The molecule has 0 aliphatic rings. The lowest BCUT2D eigenvalue weighted by atomic mass is 10.2. The van der Waals surface area contributed by atoms with E-state index in [0.717, 1.165) is 0 Å². The van der Waals surface area contributed by atoms with E-state index in [2.05, 4.69) is 14.9 Å². The number of rotatable bonds is 8. The maximum atomic E-state index is 12.8. The number of hydrogen-bond donors (Lipinski definition) is 1. The van der Waals surface area contributed by atoms with E-state index in [0.29, 0.717) is 35.2 Å². The highest BCUT2D eigenvalue weighted by molar-refractivity contribution is 7.89. The van der Waals surface area contributed by atoms with Crippen molar-refractivity contribution in [3.8, 4) is 5.75 Å². The molecule has 0 amide bonds. The molecule has 0 aliphatic heterocycles. The van der Waals surface area contributed by atoms with Crippen molar-refractivity contribution in [3.05, 3.63) is 70.3 Å². The number of hydrogen-bond acceptors (Lipinski definition) is 8. The summed E-state index contributed by atoms with van der Waals surface area (Å²) in [6, 6.07) is 11.4. The Morgan fingerprint density at radius 1 is 1.19 bits per heavy atom. The van der Waals surface area contributed by atoms with Gasteiger partial charge in [-0.15, -0.1) is 0 Å². The molecule has 0 saturated carbocycles. The Kier molecular flexibility index (Phi) is 5.61. The summed E-state index contributed by atoms with van der Waals surface area (Å²) in [5, 5.41) is 3.77.